The smallest absolute Gasteiger partial charge is 0.123 e. The van der Waals surface area contributed by atoms with Gasteiger partial charge in [0.15, 0.2) is 0 Å². The van der Waals surface area contributed by atoms with Crippen molar-refractivity contribution < 1.29 is 4.39 Å². The fraction of sp³-hybridized carbons (Fsp3) is 0.647. The van der Waals surface area contributed by atoms with Gasteiger partial charge in [-0.25, -0.2) is 4.39 Å². The van der Waals surface area contributed by atoms with Crippen molar-refractivity contribution in [2.24, 2.45) is 5.92 Å². The highest BCUT2D eigenvalue weighted by molar-refractivity contribution is 5.51. The van der Waals surface area contributed by atoms with Crippen LogP contribution in [0.2, 0.25) is 0 Å². The minimum Gasteiger partial charge on any atom is -0.382 e. The van der Waals surface area contributed by atoms with E-state index in [1.54, 1.807) is 6.07 Å². The molecule has 1 aromatic carbocycles. The second-order valence-corrected chi connectivity index (χ2v) is 6.10. The number of aryl methyl sites for hydroxylation is 1. The maximum Gasteiger partial charge on any atom is 0.123 e. The van der Waals surface area contributed by atoms with Crippen LogP contribution in [-0.2, 0) is 0 Å². The lowest BCUT2D eigenvalue weighted by atomic mass is 9.91. The Hall–Kier alpha value is -1.09. The monoisotopic (exact) mass is 278 g/mol. The molecule has 2 atom stereocenters. The number of likely N-dealkylation sites (tertiary alicyclic amines) is 1. The molecule has 0 spiro atoms. The Morgan fingerprint density at radius 1 is 1.45 bits per heavy atom. The summed E-state index contributed by atoms with van der Waals surface area (Å²) < 4.78 is 13.1. The zero-order chi connectivity index (χ0) is 14.5. The fourth-order valence-electron chi connectivity index (χ4n) is 3.17. The second kappa shape index (κ2) is 7.07. The van der Waals surface area contributed by atoms with Crippen LogP contribution in [0.1, 0.15) is 38.7 Å². The van der Waals surface area contributed by atoms with E-state index >= 15 is 0 Å². The standard InChI is InChI=1S/C17H27FN2/c1-4-9-20-10-5-6-15(12-20)14(3)19-17-8-7-16(18)11-13(17)2/h7-8,11,14-15,19H,4-6,9-10,12H2,1-3H3. The van der Waals surface area contributed by atoms with Crippen molar-refractivity contribution in [2.45, 2.75) is 46.1 Å². The first kappa shape index (κ1) is 15.3. The van der Waals surface area contributed by atoms with Gasteiger partial charge in [0.2, 0.25) is 0 Å². The third kappa shape index (κ3) is 3.95. The van der Waals surface area contributed by atoms with Gasteiger partial charge in [0.25, 0.3) is 0 Å². The summed E-state index contributed by atoms with van der Waals surface area (Å²) in [7, 11) is 0. The maximum atomic E-state index is 13.1. The predicted octanol–water partition coefficient (Wildman–Crippen LogP) is 4.06. The quantitative estimate of drug-likeness (QED) is 0.874. The Bertz CT molecular complexity index is 431. The Morgan fingerprint density at radius 3 is 2.95 bits per heavy atom. The molecule has 1 aliphatic heterocycles. The SMILES string of the molecule is CCCN1CCCC(C(C)Nc2ccc(F)cc2C)C1. The third-order valence-electron chi connectivity index (χ3n) is 4.36. The van der Waals surface area contributed by atoms with Crippen molar-refractivity contribution in [3.8, 4) is 0 Å². The second-order valence-electron chi connectivity index (χ2n) is 6.10. The lowest BCUT2D eigenvalue weighted by molar-refractivity contribution is 0.165. The van der Waals surface area contributed by atoms with Crippen LogP contribution >= 0.6 is 0 Å². The molecule has 2 unspecified atom stereocenters. The number of halogens is 1. The largest absolute Gasteiger partial charge is 0.382 e. The molecule has 1 N–H and O–H groups in total. The molecule has 0 aliphatic carbocycles. The molecular weight excluding hydrogens is 251 g/mol. The zero-order valence-corrected chi connectivity index (χ0v) is 13.0. The van der Waals surface area contributed by atoms with Crippen molar-refractivity contribution in [1.29, 1.82) is 0 Å². The molecule has 3 heteroatoms. The van der Waals surface area contributed by atoms with Crippen LogP contribution in [0.15, 0.2) is 18.2 Å². The van der Waals surface area contributed by atoms with E-state index in [2.05, 4.69) is 24.1 Å². The Morgan fingerprint density at radius 2 is 2.25 bits per heavy atom. The van der Waals surface area contributed by atoms with Gasteiger partial charge in [-0.15, -0.1) is 0 Å². The average molecular weight is 278 g/mol. The molecule has 0 saturated carbocycles. The van der Waals surface area contributed by atoms with E-state index < -0.39 is 0 Å². The van der Waals surface area contributed by atoms with Crippen LogP contribution in [0, 0.1) is 18.7 Å². The lowest BCUT2D eigenvalue weighted by Gasteiger charge is -2.36. The van der Waals surface area contributed by atoms with E-state index in [9.17, 15) is 4.39 Å². The Balaban J connectivity index is 1.95. The molecule has 1 saturated heterocycles. The highest BCUT2D eigenvalue weighted by Gasteiger charge is 2.24. The average Bonchev–Trinajstić information content (AvgIpc) is 2.42. The van der Waals surface area contributed by atoms with E-state index in [0.717, 1.165) is 11.3 Å². The van der Waals surface area contributed by atoms with Crippen molar-refractivity contribution in [3.63, 3.8) is 0 Å². The summed E-state index contributed by atoms with van der Waals surface area (Å²) >= 11 is 0. The molecule has 0 bridgehead atoms. The molecular formula is C17H27FN2. The molecule has 0 amide bonds. The minimum atomic E-state index is -0.160. The van der Waals surface area contributed by atoms with Crippen molar-refractivity contribution in [1.82, 2.24) is 4.90 Å². The fourth-order valence-corrected chi connectivity index (χ4v) is 3.17. The zero-order valence-electron chi connectivity index (χ0n) is 13.0. The topological polar surface area (TPSA) is 15.3 Å². The molecule has 2 nitrogen and oxygen atoms in total. The van der Waals surface area contributed by atoms with Gasteiger partial charge in [-0.3, -0.25) is 0 Å². The number of nitrogens with zero attached hydrogens (tertiary/aromatic N) is 1. The molecule has 0 radical (unpaired) electrons. The summed E-state index contributed by atoms with van der Waals surface area (Å²) in [6, 6.07) is 5.42. The van der Waals surface area contributed by atoms with Crippen LogP contribution in [0.25, 0.3) is 0 Å². The maximum absolute atomic E-state index is 13.1. The summed E-state index contributed by atoms with van der Waals surface area (Å²) in [6.45, 7) is 10.1. The summed E-state index contributed by atoms with van der Waals surface area (Å²) in [4.78, 5) is 2.57. The highest BCUT2D eigenvalue weighted by Crippen LogP contribution is 2.24. The first-order valence-corrected chi connectivity index (χ1v) is 7.85. The van der Waals surface area contributed by atoms with Crippen LogP contribution in [0.5, 0.6) is 0 Å². The molecule has 0 aromatic heterocycles. The normalized spacial score (nSPS) is 21.7. The summed E-state index contributed by atoms with van der Waals surface area (Å²) in [5, 5.41) is 3.58. The van der Waals surface area contributed by atoms with E-state index in [1.807, 2.05) is 13.0 Å². The number of anilines is 1. The van der Waals surface area contributed by atoms with Gasteiger partial charge in [-0.05, 0) is 75.9 Å². The molecule has 1 fully saturated rings. The summed E-state index contributed by atoms with van der Waals surface area (Å²) in [5.41, 5.74) is 2.05. The van der Waals surface area contributed by atoms with Crippen molar-refractivity contribution in [3.05, 3.63) is 29.6 Å². The van der Waals surface area contributed by atoms with Crippen LogP contribution in [0.3, 0.4) is 0 Å². The number of hydrogen-bond acceptors (Lipinski definition) is 2. The van der Waals surface area contributed by atoms with E-state index in [0.29, 0.717) is 12.0 Å². The molecule has 1 aromatic rings. The van der Waals surface area contributed by atoms with E-state index in [4.69, 9.17) is 0 Å². The molecule has 2 rings (SSSR count). The van der Waals surface area contributed by atoms with E-state index in [1.165, 1.54) is 45.0 Å². The van der Waals surface area contributed by atoms with Crippen LogP contribution < -0.4 is 5.32 Å². The molecule has 1 heterocycles. The first-order valence-electron chi connectivity index (χ1n) is 7.85. The van der Waals surface area contributed by atoms with Gasteiger partial charge < -0.3 is 10.2 Å². The number of piperidine rings is 1. The van der Waals surface area contributed by atoms with Gasteiger partial charge in [-0.1, -0.05) is 6.92 Å². The van der Waals surface area contributed by atoms with Gasteiger partial charge in [-0.2, -0.15) is 0 Å². The van der Waals surface area contributed by atoms with Crippen LogP contribution in [0.4, 0.5) is 10.1 Å². The number of rotatable bonds is 5. The van der Waals surface area contributed by atoms with E-state index in [-0.39, 0.29) is 5.82 Å². The lowest BCUT2D eigenvalue weighted by Crippen LogP contribution is -2.42. The summed E-state index contributed by atoms with van der Waals surface area (Å²) in [5.74, 6) is 0.521. The minimum absolute atomic E-state index is 0.160. The molecule has 112 valence electrons. The Kier molecular flexibility index (Phi) is 5.41. The third-order valence-corrected chi connectivity index (χ3v) is 4.36. The predicted molar refractivity (Wildman–Crippen MR) is 83.7 cm³/mol. The highest BCUT2D eigenvalue weighted by atomic mass is 19.1. The number of benzene rings is 1. The van der Waals surface area contributed by atoms with Crippen molar-refractivity contribution >= 4 is 5.69 Å². The van der Waals surface area contributed by atoms with Gasteiger partial charge in [0.05, 0.1) is 0 Å². The van der Waals surface area contributed by atoms with Crippen LogP contribution in [-0.4, -0.2) is 30.6 Å². The van der Waals surface area contributed by atoms with Gasteiger partial charge >= 0.3 is 0 Å². The summed E-state index contributed by atoms with van der Waals surface area (Å²) in [6.07, 6.45) is 3.80. The number of nitrogens with one attached hydrogen (secondary N) is 1. The first-order chi connectivity index (χ1) is 9.60. The Labute approximate surface area is 122 Å². The van der Waals surface area contributed by atoms with Crippen molar-refractivity contribution in [2.75, 3.05) is 25.0 Å². The molecule has 1 aliphatic rings. The molecule has 20 heavy (non-hydrogen) atoms. The number of hydrogen-bond donors (Lipinski definition) is 1. The van der Waals surface area contributed by atoms with Gasteiger partial charge in [0.1, 0.15) is 5.82 Å². The van der Waals surface area contributed by atoms with Gasteiger partial charge in [0, 0.05) is 18.3 Å².